The minimum atomic E-state index is -0.176. The second-order valence-corrected chi connectivity index (χ2v) is 5.27. The predicted octanol–water partition coefficient (Wildman–Crippen LogP) is 2.19. The lowest BCUT2D eigenvalue weighted by Gasteiger charge is -2.12. The predicted molar refractivity (Wildman–Crippen MR) is 87.2 cm³/mol. The van der Waals surface area contributed by atoms with Crippen LogP contribution >= 0.6 is 0 Å². The normalized spacial score (nSPS) is 13.8. The molecule has 3 rings (SSSR count). The summed E-state index contributed by atoms with van der Waals surface area (Å²) < 4.78 is 5.49. The third-order valence-electron chi connectivity index (χ3n) is 3.64. The van der Waals surface area contributed by atoms with Gasteiger partial charge in [-0.25, -0.2) is 5.01 Å². The number of amides is 1. The summed E-state index contributed by atoms with van der Waals surface area (Å²) in [6, 6.07) is 16.9. The minimum Gasteiger partial charge on any atom is -0.484 e. The first-order valence-electron chi connectivity index (χ1n) is 7.52. The van der Waals surface area contributed by atoms with E-state index in [0.29, 0.717) is 12.3 Å². The highest BCUT2D eigenvalue weighted by atomic mass is 16.5. The fourth-order valence-electron chi connectivity index (χ4n) is 2.42. The van der Waals surface area contributed by atoms with Crippen LogP contribution in [0.3, 0.4) is 0 Å². The molecule has 0 saturated heterocycles. The average Bonchev–Trinajstić information content (AvgIpc) is 3.11. The molecule has 118 valence electrons. The molecule has 0 spiro atoms. The summed E-state index contributed by atoms with van der Waals surface area (Å²) in [6.07, 6.45) is 0.746. The Morgan fingerprint density at radius 2 is 2.00 bits per heavy atom. The highest BCUT2D eigenvalue weighted by Gasteiger charge is 2.21. The van der Waals surface area contributed by atoms with Crippen molar-refractivity contribution in [2.75, 3.05) is 13.2 Å². The molecule has 0 aliphatic carbocycles. The maximum Gasteiger partial charge on any atom is 0.280 e. The number of hydrogen-bond acceptors (Lipinski definition) is 4. The van der Waals surface area contributed by atoms with Gasteiger partial charge in [0.1, 0.15) is 5.75 Å². The molecule has 5 heteroatoms. The number of hydrogen-bond donors (Lipinski definition) is 1. The molecule has 0 saturated carbocycles. The van der Waals surface area contributed by atoms with E-state index in [0.717, 1.165) is 23.3 Å². The lowest BCUT2D eigenvalue weighted by atomic mass is 10.1. The summed E-state index contributed by atoms with van der Waals surface area (Å²) in [5, 5.41) is 14.9. The second-order valence-electron chi connectivity index (χ2n) is 5.27. The van der Waals surface area contributed by atoms with Crippen molar-refractivity contribution in [1.82, 2.24) is 5.01 Å². The lowest BCUT2D eigenvalue weighted by molar-refractivity contribution is -0.132. The number of ether oxygens (including phenoxy) is 1. The zero-order valence-electron chi connectivity index (χ0n) is 12.7. The number of aliphatic hydroxyl groups excluding tert-OH is 1. The summed E-state index contributed by atoms with van der Waals surface area (Å²) >= 11 is 0. The molecular formula is C18H18N2O3. The molecule has 0 radical (unpaired) electrons. The lowest BCUT2D eigenvalue weighted by Crippen LogP contribution is -2.28. The number of hydrazone groups is 1. The third kappa shape index (κ3) is 3.76. The molecular weight excluding hydrogens is 292 g/mol. The average molecular weight is 310 g/mol. The monoisotopic (exact) mass is 310 g/mol. The van der Waals surface area contributed by atoms with Crippen molar-refractivity contribution < 1.29 is 14.6 Å². The SMILES string of the molecule is O=C(COc1cccc(CO)c1)N1CCC(c2ccccc2)=N1. The molecule has 1 N–H and O–H groups in total. The Kier molecular flexibility index (Phi) is 4.68. The van der Waals surface area contributed by atoms with Crippen LogP contribution in [0.2, 0.25) is 0 Å². The topological polar surface area (TPSA) is 62.1 Å². The van der Waals surface area contributed by atoms with Crippen molar-refractivity contribution in [3.63, 3.8) is 0 Å². The van der Waals surface area contributed by atoms with Crippen molar-refractivity contribution >= 4 is 11.6 Å². The van der Waals surface area contributed by atoms with Gasteiger partial charge in [-0.3, -0.25) is 4.79 Å². The van der Waals surface area contributed by atoms with Crippen LogP contribution < -0.4 is 4.74 Å². The first-order valence-corrected chi connectivity index (χ1v) is 7.52. The van der Waals surface area contributed by atoms with E-state index in [2.05, 4.69) is 5.10 Å². The van der Waals surface area contributed by atoms with Gasteiger partial charge in [0.05, 0.1) is 18.9 Å². The maximum atomic E-state index is 12.2. The molecule has 0 fully saturated rings. The number of carbonyl (C=O) groups is 1. The van der Waals surface area contributed by atoms with E-state index in [1.165, 1.54) is 5.01 Å². The van der Waals surface area contributed by atoms with Crippen molar-refractivity contribution in [2.24, 2.45) is 5.10 Å². The second kappa shape index (κ2) is 7.07. The number of rotatable bonds is 5. The summed E-state index contributed by atoms with van der Waals surface area (Å²) in [5.74, 6) is 0.390. The van der Waals surface area contributed by atoms with Gasteiger partial charge < -0.3 is 9.84 Å². The molecule has 1 heterocycles. The number of nitrogens with zero attached hydrogens (tertiary/aromatic N) is 2. The Morgan fingerprint density at radius 3 is 2.78 bits per heavy atom. The van der Waals surface area contributed by atoms with Crippen LogP contribution in [0.25, 0.3) is 0 Å². The summed E-state index contributed by atoms with van der Waals surface area (Å²) in [5.41, 5.74) is 2.71. The molecule has 1 amide bonds. The molecule has 23 heavy (non-hydrogen) atoms. The Balaban J connectivity index is 1.60. The highest BCUT2D eigenvalue weighted by molar-refractivity contribution is 6.02. The van der Waals surface area contributed by atoms with Crippen molar-refractivity contribution in [3.8, 4) is 5.75 Å². The Labute approximate surface area is 134 Å². The van der Waals surface area contributed by atoms with Crippen LogP contribution in [-0.2, 0) is 11.4 Å². The van der Waals surface area contributed by atoms with E-state index in [9.17, 15) is 4.79 Å². The van der Waals surface area contributed by atoms with E-state index in [1.54, 1.807) is 24.3 Å². The van der Waals surface area contributed by atoms with Crippen LogP contribution in [0.5, 0.6) is 5.75 Å². The van der Waals surface area contributed by atoms with Gasteiger partial charge in [-0.05, 0) is 23.3 Å². The van der Waals surface area contributed by atoms with E-state index in [4.69, 9.17) is 9.84 Å². The molecule has 0 atom stereocenters. The largest absolute Gasteiger partial charge is 0.484 e. The van der Waals surface area contributed by atoms with Crippen LogP contribution in [-0.4, -0.2) is 34.9 Å². The van der Waals surface area contributed by atoms with Gasteiger partial charge in [0.15, 0.2) is 6.61 Å². The van der Waals surface area contributed by atoms with Gasteiger partial charge in [0.2, 0.25) is 0 Å². The Morgan fingerprint density at radius 1 is 1.17 bits per heavy atom. The number of carbonyl (C=O) groups excluding carboxylic acids is 1. The first kappa shape index (κ1) is 15.2. The first-order chi connectivity index (χ1) is 11.3. The maximum absolute atomic E-state index is 12.2. The molecule has 0 bridgehead atoms. The number of benzene rings is 2. The molecule has 2 aromatic carbocycles. The third-order valence-corrected chi connectivity index (χ3v) is 3.64. The van der Waals surface area contributed by atoms with E-state index < -0.39 is 0 Å². The van der Waals surface area contributed by atoms with Gasteiger partial charge >= 0.3 is 0 Å². The zero-order valence-corrected chi connectivity index (χ0v) is 12.7. The molecule has 2 aromatic rings. The Bertz CT molecular complexity index is 713. The standard InChI is InChI=1S/C18H18N2O3/c21-12-14-5-4-8-16(11-14)23-13-18(22)20-10-9-17(19-20)15-6-2-1-3-7-15/h1-8,11,21H,9-10,12-13H2. The number of aliphatic hydroxyl groups is 1. The molecule has 1 aliphatic rings. The van der Waals surface area contributed by atoms with Gasteiger partial charge in [0, 0.05) is 6.42 Å². The molecule has 0 aromatic heterocycles. The van der Waals surface area contributed by atoms with E-state index in [-0.39, 0.29) is 19.1 Å². The van der Waals surface area contributed by atoms with Crippen LogP contribution in [0.1, 0.15) is 17.5 Å². The summed E-state index contributed by atoms with van der Waals surface area (Å²) in [7, 11) is 0. The molecule has 1 aliphatic heterocycles. The molecule has 5 nitrogen and oxygen atoms in total. The zero-order chi connectivity index (χ0) is 16.1. The smallest absolute Gasteiger partial charge is 0.280 e. The van der Waals surface area contributed by atoms with Crippen LogP contribution in [0.4, 0.5) is 0 Å². The highest BCUT2D eigenvalue weighted by Crippen LogP contribution is 2.16. The van der Waals surface area contributed by atoms with Crippen LogP contribution in [0.15, 0.2) is 59.7 Å². The van der Waals surface area contributed by atoms with Gasteiger partial charge in [-0.1, -0.05) is 42.5 Å². The van der Waals surface area contributed by atoms with Crippen molar-refractivity contribution in [2.45, 2.75) is 13.0 Å². The quantitative estimate of drug-likeness (QED) is 0.921. The Hall–Kier alpha value is -2.66. The summed E-state index contributed by atoms with van der Waals surface area (Å²) in [6.45, 7) is 0.450. The van der Waals surface area contributed by atoms with E-state index in [1.807, 2.05) is 30.3 Å². The molecule has 0 unspecified atom stereocenters. The van der Waals surface area contributed by atoms with Gasteiger partial charge in [-0.2, -0.15) is 5.10 Å². The van der Waals surface area contributed by atoms with Crippen LogP contribution in [0, 0.1) is 0 Å². The fourth-order valence-corrected chi connectivity index (χ4v) is 2.42. The minimum absolute atomic E-state index is 0.0536. The summed E-state index contributed by atoms with van der Waals surface area (Å²) in [4.78, 5) is 12.2. The van der Waals surface area contributed by atoms with Gasteiger partial charge in [-0.15, -0.1) is 0 Å². The van der Waals surface area contributed by atoms with Crippen molar-refractivity contribution in [1.29, 1.82) is 0 Å². The van der Waals surface area contributed by atoms with E-state index >= 15 is 0 Å². The van der Waals surface area contributed by atoms with Gasteiger partial charge in [0.25, 0.3) is 5.91 Å². The van der Waals surface area contributed by atoms with Crippen molar-refractivity contribution in [3.05, 3.63) is 65.7 Å². The fraction of sp³-hybridized carbons (Fsp3) is 0.222.